The van der Waals surface area contributed by atoms with Gasteiger partial charge in [0.2, 0.25) is 5.91 Å². The van der Waals surface area contributed by atoms with Gasteiger partial charge in [0.25, 0.3) is 0 Å². The molecule has 2 aromatic carbocycles. The zero-order chi connectivity index (χ0) is 36.4. The van der Waals surface area contributed by atoms with Gasteiger partial charge in [-0.15, -0.1) is 0 Å². The average Bonchev–Trinajstić information content (AvgIpc) is 3.17. The molecule has 1 fully saturated rings. The Balaban J connectivity index is 0.990. The van der Waals surface area contributed by atoms with Gasteiger partial charge in [-0.1, -0.05) is 42.5 Å². The van der Waals surface area contributed by atoms with Crippen LogP contribution < -0.4 is 11.1 Å². The van der Waals surface area contributed by atoms with Crippen molar-refractivity contribution in [3.63, 3.8) is 0 Å². The maximum absolute atomic E-state index is 13.3. The molecule has 3 heterocycles. The van der Waals surface area contributed by atoms with Gasteiger partial charge in [-0.3, -0.25) is 24.4 Å². The molecular weight excluding hydrogens is 658 g/mol. The maximum atomic E-state index is 13.3. The number of pyridine rings is 1. The van der Waals surface area contributed by atoms with E-state index in [1.807, 2.05) is 48.5 Å². The Morgan fingerprint density at radius 2 is 1.54 bits per heavy atom. The number of Topliss-reactive ketones (excluding diaryl/α,β-unsaturated/α-hetero) is 1. The summed E-state index contributed by atoms with van der Waals surface area (Å²) in [4.78, 5) is 43.7. The molecule has 3 N–H and O–H groups in total. The quantitative estimate of drug-likeness (QED) is 0.0973. The van der Waals surface area contributed by atoms with Gasteiger partial charge in [-0.25, -0.2) is 9.97 Å². The minimum Gasteiger partial charge on any atom is -0.378 e. The third kappa shape index (κ3) is 13.0. The highest BCUT2D eigenvalue weighted by molar-refractivity contribution is 5.97. The number of hydrogen-bond donors (Lipinski definition) is 2. The van der Waals surface area contributed by atoms with Crippen LogP contribution in [0, 0.1) is 6.92 Å². The summed E-state index contributed by atoms with van der Waals surface area (Å²) in [7, 11) is 0. The number of amides is 1. The summed E-state index contributed by atoms with van der Waals surface area (Å²) in [5.41, 5.74) is 12.2. The third-order valence-corrected chi connectivity index (χ3v) is 8.88. The number of benzene rings is 2. The van der Waals surface area contributed by atoms with Crippen molar-refractivity contribution in [2.24, 2.45) is 5.73 Å². The molecule has 1 aliphatic heterocycles. The Bertz CT molecular complexity index is 1680. The highest BCUT2D eigenvalue weighted by atomic mass is 16.5. The molecule has 0 spiro atoms. The summed E-state index contributed by atoms with van der Waals surface area (Å²) in [6.45, 7) is 10.6. The molecule has 12 heteroatoms. The van der Waals surface area contributed by atoms with Crippen molar-refractivity contribution in [1.82, 2.24) is 30.1 Å². The largest absolute Gasteiger partial charge is 0.378 e. The van der Waals surface area contributed by atoms with Gasteiger partial charge < -0.3 is 25.3 Å². The van der Waals surface area contributed by atoms with Crippen molar-refractivity contribution in [3.8, 4) is 11.3 Å². The zero-order valence-corrected chi connectivity index (χ0v) is 30.2. The van der Waals surface area contributed by atoms with Crippen molar-refractivity contribution in [2.45, 2.75) is 26.3 Å². The second-order valence-electron chi connectivity index (χ2n) is 12.9. The molecular formula is C40H51N7O5. The fourth-order valence-electron chi connectivity index (χ4n) is 5.95. The molecule has 52 heavy (non-hydrogen) atoms. The number of carbonyl (C=O) groups is 2. The van der Waals surface area contributed by atoms with E-state index in [4.69, 9.17) is 24.9 Å². The topological polar surface area (TPSA) is 145 Å². The van der Waals surface area contributed by atoms with E-state index < -0.39 is 0 Å². The second-order valence-corrected chi connectivity index (χ2v) is 12.9. The molecule has 12 nitrogen and oxygen atoms in total. The number of aromatic nitrogens is 3. The van der Waals surface area contributed by atoms with Gasteiger partial charge in [0.15, 0.2) is 5.78 Å². The number of nitrogens with zero attached hydrogens (tertiary/aromatic N) is 5. The summed E-state index contributed by atoms with van der Waals surface area (Å²) >= 11 is 0. The van der Waals surface area contributed by atoms with Crippen LogP contribution in [0.5, 0.6) is 0 Å². The zero-order valence-electron chi connectivity index (χ0n) is 30.2. The monoisotopic (exact) mass is 709 g/mol. The van der Waals surface area contributed by atoms with Crippen LogP contribution in [-0.2, 0) is 38.4 Å². The minimum absolute atomic E-state index is 0.00747. The number of rotatable bonds is 21. The minimum atomic E-state index is 0.00747. The first-order chi connectivity index (χ1) is 25.5. The maximum Gasteiger partial charge on any atom is 0.234 e. The lowest BCUT2D eigenvalue weighted by Crippen LogP contribution is -2.49. The van der Waals surface area contributed by atoms with E-state index in [0.717, 1.165) is 66.5 Å². The Morgan fingerprint density at radius 1 is 0.827 bits per heavy atom. The van der Waals surface area contributed by atoms with Crippen LogP contribution in [0.1, 0.15) is 38.4 Å². The fraction of sp³-hybridized carbons (Fsp3) is 0.425. The predicted molar refractivity (Wildman–Crippen MR) is 200 cm³/mol. The molecule has 1 amide bonds. The molecule has 1 aliphatic rings. The van der Waals surface area contributed by atoms with E-state index in [1.54, 1.807) is 18.6 Å². The van der Waals surface area contributed by atoms with Crippen LogP contribution in [-0.4, -0.2) is 122 Å². The van der Waals surface area contributed by atoms with Crippen molar-refractivity contribution in [1.29, 1.82) is 0 Å². The highest BCUT2D eigenvalue weighted by Crippen LogP contribution is 2.20. The van der Waals surface area contributed by atoms with Crippen molar-refractivity contribution in [2.75, 3.05) is 85.5 Å². The van der Waals surface area contributed by atoms with Crippen LogP contribution in [0.3, 0.4) is 0 Å². The third-order valence-electron chi connectivity index (χ3n) is 8.88. The number of ketones is 1. The molecule has 4 aromatic rings. The van der Waals surface area contributed by atoms with Gasteiger partial charge in [0.1, 0.15) is 5.82 Å². The highest BCUT2D eigenvalue weighted by Gasteiger charge is 2.19. The van der Waals surface area contributed by atoms with Crippen LogP contribution in [0.4, 0.5) is 0 Å². The molecule has 0 atom stereocenters. The van der Waals surface area contributed by atoms with Crippen molar-refractivity contribution < 1.29 is 23.8 Å². The predicted octanol–water partition coefficient (Wildman–Crippen LogP) is 3.11. The first-order valence-corrected chi connectivity index (χ1v) is 18.0. The van der Waals surface area contributed by atoms with E-state index in [2.05, 4.69) is 44.1 Å². The van der Waals surface area contributed by atoms with Crippen LogP contribution in [0.15, 0.2) is 79.3 Å². The molecule has 0 radical (unpaired) electrons. The molecule has 0 saturated carbocycles. The molecule has 1 saturated heterocycles. The summed E-state index contributed by atoms with van der Waals surface area (Å²) in [5.74, 6) is 0.823. The van der Waals surface area contributed by atoms with E-state index >= 15 is 0 Å². The number of aryl methyl sites for hydroxylation is 1. The number of piperazine rings is 1. The lowest BCUT2D eigenvalue weighted by Gasteiger charge is -2.34. The molecule has 0 unspecified atom stereocenters. The average molecular weight is 710 g/mol. The van der Waals surface area contributed by atoms with Gasteiger partial charge in [-0.05, 0) is 47.4 Å². The van der Waals surface area contributed by atoms with Gasteiger partial charge in [-0.2, -0.15) is 0 Å². The van der Waals surface area contributed by atoms with E-state index in [1.165, 1.54) is 5.56 Å². The SMILES string of the molecule is Cc1ccc(CC(=O)c2ccc(CN3CCN(CC(=O)NCCOCCOCCOCCN)CC3)cc2)cc1Cc1nccc(-c2cccnc2)n1. The smallest absolute Gasteiger partial charge is 0.234 e. The summed E-state index contributed by atoms with van der Waals surface area (Å²) in [5, 5.41) is 2.93. The summed E-state index contributed by atoms with van der Waals surface area (Å²) < 4.78 is 16.2. The van der Waals surface area contributed by atoms with Crippen molar-refractivity contribution in [3.05, 3.63) is 113 Å². The number of carbonyl (C=O) groups excluding carboxylic acids is 2. The number of ether oxygens (including phenoxy) is 3. The van der Waals surface area contributed by atoms with Gasteiger partial charge in [0.05, 0.1) is 51.9 Å². The Morgan fingerprint density at radius 3 is 2.27 bits per heavy atom. The van der Waals surface area contributed by atoms with E-state index in [-0.39, 0.29) is 11.7 Å². The number of nitrogens with one attached hydrogen (secondary N) is 1. The van der Waals surface area contributed by atoms with Crippen LogP contribution in [0.2, 0.25) is 0 Å². The summed E-state index contributed by atoms with van der Waals surface area (Å²) in [6.07, 6.45) is 6.23. The molecule has 276 valence electrons. The Hall–Kier alpha value is -4.43. The van der Waals surface area contributed by atoms with Gasteiger partial charge >= 0.3 is 0 Å². The molecule has 0 bridgehead atoms. The standard InChI is InChI=1S/C40H51N7O5/c1-31-4-5-33(25-36(31)27-39-43-13-10-37(45-39)35-3-2-12-42-28-35)26-38(48)34-8-6-32(7-9-34)29-46-15-17-47(18-16-46)30-40(49)44-14-20-51-22-24-52-23-21-50-19-11-41/h2-10,12-13,25,28H,11,14-24,26-27,29-30,41H2,1H3,(H,44,49). The Kier molecular flexibility index (Phi) is 15.8. The first kappa shape index (κ1) is 38.8. The Labute approximate surface area is 306 Å². The molecule has 2 aromatic heterocycles. The lowest BCUT2D eigenvalue weighted by atomic mass is 9.97. The van der Waals surface area contributed by atoms with Crippen LogP contribution in [0.25, 0.3) is 11.3 Å². The first-order valence-electron chi connectivity index (χ1n) is 18.0. The fourth-order valence-corrected chi connectivity index (χ4v) is 5.95. The number of nitrogens with two attached hydrogens (primary N) is 1. The lowest BCUT2D eigenvalue weighted by molar-refractivity contribution is -0.123. The second kappa shape index (κ2) is 21.2. The van der Waals surface area contributed by atoms with E-state index in [0.29, 0.717) is 77.7 Å². The van der Waals surface area contributed by atoms with Gasteiger partial charge in [0, 0.05) is 88.4 Å². The van der Waals surface area contributed by atoms with E-state index in [9.17, 15) is 9.59 Å². The molecule has 0 aliphatic carbocycles. The summed E-state index contributed by atoms with van der Waals surface area (Å²) in [6, 6.07) is 19.9. The normalized spacial score (nSPS) is 13.7. The molecule has 5 rings (SSSR count). The van der Waals surface area contributed by atoms with Crippen LogP contribution >= 0.6 is 0 Å². The number of hydrogen-bond acceptors (Lipinski definition) is 11. The van der Waals surface area contributed by atoms with Crippen molar-refractivity contribution >= 4 is 11.7 Å².